The number of phenols is 1. The van der Waals surface area contributed by atoms with Gasteiger partial charge in [-0.3, -0.25) is 0 Å². The molecule has 19 heavy (non-hydrogen) atoms. The van der Waals surface area contributed by atoms with Crippen molar-refractivity contribution in [2.45, 2.75) is 9.79 Å². The van der Waals surface area contributed by atoms with Crippen molar-refractivity contribution in [2.24, 2.45) is 0 Å². The fourth-order valence-corrected chi connectivity index (χ4v) is 2.36. The van der Waals surface area contributed by atoms with E-state index in [1.54, 1.807) is 30.3 Å². The van der Waals surface area contributed by atoms with Gasteiger partial charge in [-0.15, -0.1) is 0 Å². The highest BCUT2D eigenvalue weighted by Crippen LogP contribution is 2.31. The zero-order valence-corrected chi connectivity index (χ0v) is 10.5. The average Bonchev–Trinajstić information content (AvgIpc) is 2.41. The lowest BCUT2D eigenvalue weighted by Crippen LogP contribution is -1.97. The molecular weight excluding hydrogens is 262 g/mol. The Labute approximate surface area is 113 Å². The molecule has 0 aliphatic heterocycles. The Morgan fingerprint density at radius 3 is 2.42 bits per heavy atom. The van der Waals surface area contributed by atoms with Crippen molar-refractivity contribution < 1.29 is 15.0 Å². The van der Waals surface area contributed by atoms with E-state index in [-0.39, 0.29) is 11.3 Å². The SMILES string of the molecule is N#Cc1cc(C(=O)O)ccc1Sc1ccc(O)cc1. The molecule has 0 fully saturated rings. The smallest absolute Gasteiger partial charge is 0.335 e. The second-order valence-corrected chi connectivity index (χ2v) is 4.84. The number of hydrogen-bond acceptors (Lipinski definition) is 4. The molecule has 0 atom stereocenters. The Bertz CT molecular complexity index is 659. The van der Waals surface area contributed by atoms with Gasteiger partial charge in [0, 0.05) is 9.79 Å². The van der Waals surface area contributed by atoms with Gasteiger partial charge in [0.25, 0.3) is 0 Å². The summed E-state index contributed by atoms with van der Waals surface area (Å²) in [5.41, 5.74) is 0.407. The molecule has 0 bridgehead atoms. The predicted molar refractivity (Wildman–Crippen MR) is 70.3 cm³/mol. The van der Waals surface area contributed by atoms with Gasteiger partial charge in [-0.1, -0.05) is 11.8 Å². The maximum Gasteiger partial charge on any atom is 0.335 e. The molecule has 5 heteroatoms. The molecule has 0 aliphatic carbocycles. The second kappa shape index (κ2) is 5.46. The monoisotopic (exact) mass is 271 g/mol. The minimum atomic E-state index is -1.06. The number of hydrogen-bond donors (Lipinski definition) is 2. The molecular formula is C14H9NO3S. The zero-order valence-electron chi connectivity index (χ0n) is 9.70. The van der Waals surface area contributed by atoms with Crippen LogP contribution in [-0.4, -0.2) is 16.2 Å². The molecule has 0 saturated heterocycles. The van der Waals surface area contributed by atoms with Crippen molar-refractivity contribution in [3.05, 3.63) is 53.6 Å². The molecule has 0 saturated carbocycles. The topological polar surface area (TPSA) is 81.3 Å². The molecule has 0 unspecified atom stereocenters. The van der Waals surface area contributed by atoms with Crippen LogP contribution in [0.25, 0.3) is 0 Å². The molecule has 0 aromatic heterocycles. The fourth-order valence-electron chi connectivity index (χ4n) is 1.48. The summed E-state index contributed by atoms with van der Waals surface area (Å²) in [7, 11) is 0. The average molecular weight is 271 g/mol. The minimum absolute atomic E-state index is 0.0895. The molecule has 2 aromatic carbocycles. The highest BCUT2D eigenvalue weighted by Gasteiger charge is 2.09. The maximum atomic E-state index is 10.8. The summed E-state index contributed by atoms with van der Waals surface area (Å²) < 4.78 is 0. The third-order valence-corrected chi connectivity index (χ3v) is 3.50. The van der Waals surface area contributed by atoms with Gasteiger partial charge in [-0.2, -0.15) is 5.26 Å². The lowest BCUT2D eigenvalue weighted by Gasteiger charge is -2.05. The van der Waals surface area contributed by atoms with E-state index < -0.39 is 5.97 Å². The van der Waals surface area contributed by atoms with Crippen LogP contribution in [0.1, 0.15) is 15.9 Å². The number of nitriles is 1. The molecule has 0 spiro atoms. The van der Waals surface area contributed by atoms with Crippen LogP contribution in [0, 0.1) is 11.3 Å². The largest absolute Gasteiger partial charge is 0.508 e. The molecule has 0 aliphatic rings. The number of aromatic hydroxyl groups is 1. The van der Waals surface area contributed by atoms with E-state index in [1.807, 2.05) is 6.07 Å². The van der Waals surface area contributed by atoms with Gasteiger partial charge in [0.2, 0.25) is 0 Å². The van der Waals surface area contributed by atoms with Crippen LogP contribution in [-0.2, 0) is 0 Å². The first-order chi connectivity index (χ1) is 9.10. The first-order valence-electron chi connectivity index (χ1n) is 5.34. The first kappa shape index (κ1) is 13.0. The van der Waals surface area contributed by atoms with Gasteiger partial charge in [-0.25, -0.2) is 4.79 Å². The third kappa shape index (κ3) is 3.06. The number of carboxylic acid groups (broad SMARTS) is 1. The Hall–Kier alpha value is -2.45. The lowest BCUT2D eigenvalue weighted by atomic mass is 10.1. The van der Waals surface area contributed by atoms with Crippen molar-refractivity contribution in [3.63, 3.8) is 0 Å². The molecule has 0 heterocycles. The number of benzene rings is 2. The molecule has 2 rings (SSSR count). The fraction of sp³-hybridized carbons (Fsp3) is 0. The highest BCUT2D eigenvalue weighted by atomic mass is 32.2. The van der Waals surface area contributed by atoms with Crippen LogP contribution in [0.2, 0.25) is 0 Å². The number of phenolic OH excluding ortho intramolecular Hbond substituents is 1. The number of nitrogens with zero attached hydrogens (tertiary/aromatic N) is 1. The Morgan fingerprint density at radius 1 is 1.16 bits per heavy atom. The van der Waals surface area contributed by atoms with Crippen LogP contribution in [0.15, 0.2) is 52.3 Å². The van der Waals surface area contributed by atoms with Crippen LogP contribution in [0.5, 0.6) is 5.75 Å². The lowest BCUT2D eigenvalue weighted by molar-refractivity contribution is 0.0696. The number of rotatable bonds is 3. The molecule has 0 amide bonds. The van der Waals surface area contributed by atoms with Gasteiger partial charge in [0.05, 0.1) is 11.1 Å². The molecule has 94 valence electrons. The Morgan fingerprint density at radius 2 is 1.84 bits per heavy atom. The van der Waals surface area contributed by atoms with E-state index in [9.17, 15) is 9.90 Å². The highest BCUT2D eigenvalue weighted by molar-refractivity contribution is 7.99. The number of carbonyl (C=O) groups is 1. The van der Waals surface area contributed by atoms with Crippen LogP contribution in [0.3, 0.4) is 0 Å². The van der Waals surface area contributed by atoms with Crippen molar-refractivity contribution in [3.8, 4) is 11.8 Å². The summed E-state index contributed by atoms with van der Waals surface area (Å²) in [6, 6.07) is 13.0. The van der Waals surface area contributed by atoms with Crippen molar-refractivity contribution in [2.75, 3.05) is 0 Å². The summed E-state index contributed by atoms with van der Waals surface area (Å²) in [6.07, 6.45) is 0. The normalized spacial score (nSPS) is 9.84. The summed E-state index contributed by atoms with van der Waals surface area (Å²) in [6.45, 7) is 0. The molecule has 4 nitrogen and oxygen atoms in total. The van der Waals surface area contributed by atoms with Crippen LogP contribution < -0.4 is 0 Å². The van der Waals surface area contributed by atoms with E-state index in [0.717, 1.165) is 4.90 Å². The van der Waals surface area contributed by atoms with Crippen LogP contribution in [0.4, 0.5) is 0 Å². The van der Waals surface area contributed by atoms with Crippen molar-refractivity contribution >= 4 is 17.7 Å². The molecule has 2 aromatic rings. The van der Waals surface area contributed by atoms with E-state index >= 15 is 0 Å². The maximum absolute atomic E-state index is 10.8. The van der Waals surface area contributed by atoms with Gasteiger partial charge >= 0.3 is 5.97 Å². The van der Waals surface area contributed by atoms with E-state index in [4.69, 9.17) is 10.4 Å². The van der Waals surface area contributed by atoms with Crippen molar-refractivity contribution in [1.82, 2.24) is 0 Å². The number of carboxylic acids is 1. The summed E-state index contributed by atoms with van der Waals surface area (Å²) >= 11 is 1.34. The Kier molecular flexibility index (Phi) is 3.74. The Balaban J connectivity index is 2.33. The van der Waals surface area contributed by atoms with E-state index in [0.29, 0.717) is 10.5 Å². The van der Waals surface area contributed by atoms with Gasteiger partial charge in [0.15, 0.2) is 0 Å². The second-order valence-electron chi connectivity index (χ2n) is 3.72. The quantitative estimate of drug-likeness (QED) is 0.896. The van der Waals surface area contributed by atoms with Gasteiger partial charge < -0.3 is 10.2 Å². The van der Waals surface area contributed by atoms with Crippen molar-refractivity contribution in [1.29, 1.82) is 5.26 Å². The van der Waals surface area contributed by atoms with Gasteiger partial charge in [0.1, 0.15) is 11.8 Å². The minimum Gasteiger partial charge on any atom is -0.508 e. The van der Waals surface area contributed by atoms with E-state index in [1.165, 1.54) is 23.9 Å². The summed E-state index contributed by atoms with van der Waals surface area (Å²) in [5.74, 6) is -0.885. The zero-order chi connectivity index (χ0) is 13.8. The summed E-state index contributed by atoms with van der Waals surface area (Å²) in [4.78, 5) is 12.4. The molecule has 0 radical (unpaired) electrons. The third-order valence-electron chi connectivity index (χ3n) is 2.41. The predicted octanol–water partition coefficient (Wildman–Crippen LogP) is 3.11. The molecule has 2 N–H and O–H groups in total. The van der Waals surface area contributed by atoms with Crippen LogP contribution >= 0.6 is 11.8 Å². The standard InChI is InChI=1S/C14H9NO3S/c15-8-10-7-9(14(17)18)1-6-13(10)19-12-4-2-11(16)3-5-12/h1-7,16H,(H,17,18). The summed E-state index contributed by atoms with van der Waals surface area (Å²) in [5, 5.41) is 27.1. The number of aromatic carboxylic acids is 1. The van der Waals surface area contributed by atoms with E-state index in [2.05, 4.69) is 0 Å². The van der Waals surface area contributed by atoms with Gasteiger partial charge in [-0.05, 0) is 42.5 Å². The first-order valence-corrected chi connectivity index (χ1v) is 6.16.